The SMILES string of the molecule is Cc1ccnc(C(C)C)c1Oc1c(F)c(-c2c(O)cccc2F)c(Cl)c2c1C(=O)N1CCNC[C@H]1CO2. The monoisotopic (exact) mass is 529 g/mol. The second kappa shape index (κ2) is 9.79. The Hall–Kier alpha value is -3.43. The molecule has 194 valence electrons. The normalized spacial score (nSPS) is 17.2. The maximum Gasteiger partial charge on any atom is 0.262 e. The first kappa shape index (κ1) is 25.2. The topological polar surface area (TPSA) is 83.9 Å². The highest BCUT2D eigenvalue weighted by Gasteiger charge is 2.40. The van der Waals surface area contributed by atoms with Gasteiger partial charge in [0, 0.05) is 25.8 Å². The zero-order valence-electron chi connectivity index (χ0n) is 20.6. The van der Waals surface area contributed by atoms with Gasteiger partial charge in [-0.1, -0.05) is 31.5 Å². The molecule has 1 fully saturated rings. The van der Waals surface area contributed by atoms with Crippen LogP contribution in [0.5, 0.6) is 23.0 Å². The largest absolute Gasteiger partial charge is 0.507 e. The van der Waals surface area contributed by atoms with E-state index in [4.69, 9.17) is 21.1 Å². The number of aryl methyl sites for hydroxylation is 1. The summed E-state index contributed by atoms with van der Waals surface area (Å²) in [7, 11) is 0. The molecular weight excluding hydrogens is 504 g/mol. The molecule has 1 aromatic heterocycles. The molecule has 2 aliphatic rings. The van der Waals surface area contributed by atoms with Crippen LogP contribution in [0.4, 0.5) is 8.78 Å². The highest BCUT2D eigenvalue weighted by molar-refractivity contribution is 6.36. The first-order valence-electron chi connectivity index (χ1n) is 12.0. The number of pyridine rings is 1. The Labute approximate surface area is 218 Å². The van der Waals surface area contributed by atoms with Crippen molar-refractivity contribution in [3.8, 4) is 34.1 Å². The number of aromatic nitrogens is 1. The van der Waals surface area contributed by atoms with Crippen LogP contribution in [-0.2, 0) is 0 Å². The van der Waals surface area contributed by atoms with E-state index in [1.165, 1.54) is 12.1 Å². The summed E-state index contributed by atoms with van der Waals surface area (Å²) >= 11 is 6.64. The van der Waals surface area contributed by atoms with Crippen LogP contribution in [0.15, 0.2) is 30.5 Å². The standard InChI is InChI=1S/C27H26ClF2N3O4/c1-13(2)23-24(14(3)7-8-32-23)37-26-20-25(36-12-15-11-31-9-10-33(15)27(20)35)21(28)19(22(26)30)18-16(29)5-4-6-17(18)34/h4-8,13,15,31,34H,9-12H2,1-3H3/t15-/m0/s1. The minimum Gasteiger partial charge on any atom is -0.507 e. The van der Waals surface area contributed by atoms with Gasteiger partial charge in [0.1, 0.15) is 23.7 Å². The number of amides is 1. The smallest absolute Gasteiger partial charge is 0.262 e. The molecule has 37 heavy (non-hydrogen) atoms. The lowest BCUT2D eigenvalue weighted by molar-refractivity contribution is 0.0604. The number of carbonyl (C=O) groups is 1. The number of rotatable bonds is 4. The average molecular weight is 530 g/mol. The Morgan fingerprint density at radius 3 is 2.73 bits per heavy atom. The predicted octanol–water partition coefficient (Wildman–Crippen LogP) is 5.42. The Morgan fingerprint density at radius 2 is 2.00 bits per heavy atom. The molecule has 0 aliphatic carbocycles. The van der Waals surface area contributed by atoms with Gasteiger partial charge in [-0.15, -0.1) is 0 Å². The third kappa shape index (κ3) is 4.26. The van der Waals surface area contributed by atoms with Crippen molar-refractivity contribution in [1.82, 2.24) is 15.2 Å². The van der Waals surface area contributed by atoms with E-state index in [9.17, 15) is 14.3 Å². The summed E-state index contributed by atoms with van der Waals surface area (Å²) in [5.74, 6) is -3.40. The Morgan fingerprint density at radius 1 is 1.22 bits per heavy atom. The van der Waals surface area contributed by atoms with Crippen LogP contribution in [0.3, 0.4) is 0 Å². The van der Waals surface area contributed by atoms with Crippen molar-refractivity contribution in [2.24, 2.45) is 0 Å². The van der Waals surface area contributed by atoms with Gasteiger partial charge in [-0.25, -0.2) is 8.78 Å². The first-order chi connectivity index (χ1) is 17.7. The molecule has 1 amide bonds. The third-order valence-corrected chi connectivity index (χ3v) is 7.02. The van der Waals surface area contributed by atoms with Gasteiger partial charge >= 0.3 is 0 Å². The van der Waals surface area contributed by atoms with Crippen molar-refractivity contribution >= 4 is 17.5 Å². The van der Waals surface area contributed by atoms with Crippen molar-refractivity contribution in [2.75, 3.05) is 26.2 Å². The van der Waals surface area contributed by atoms with E-state index in [-0.39, 0.29) is 40.7 Å². The van der Waals surface area contributed by atoms with Crippen molar-refractivity contribution in [2.45, 2.75) is 32.7 Å². The van der Waals surface area contributed by atoms with Gasteiger partial charge in [-0.05, 0) is 36.6 Å². The number of benzene rings is 2. The van der Waals surface area contributed by atoms with Gasteiger partial charge in [0.05, 0.1) is 27.9 Å². The number of carbonyl (C=O) groups excluding carboxylic acids is 1. The number of nitrogens with zero attached hydrogens (tertiary/aromatic N) is 2. The van der Waals surface area contributed by atoms with E-state index in [1.54, 1.807) is 24.1 Å². The molecule has 2 aliphatic heterocycles. The zero-order chi connectivity index (χ0) is 26.4. The molecule has 10 heteroatoms. The van der Waals surface area contributed by atoms with Crippen LogP contribution in [0.2, 0.25) is 5.02 Å². The molecule has 0 saturated carbocycles. The van der Waals surface area contributed by atoms with Crippen LogP contribution in [0.1, 0.15) is 41.4 Å². The summed E-state index contributed by atoms with van der Waals surface area (Å²) < 4.78 is 43.7. The predicted molar refractivity (Wildman–Crippen MR) is 135 cm³/mol. The molecule has 0 radical (unpaired) electrons. The molecule has 1 saturated heterocycles. The highest BCUT2D eigenvalue weighted by Crippen LogP contribution is 2.51. The summed E-state index contributed by atoms with van der Waals surface area (Å²) in [5.41, 5.74) is 0.123. The highest BCUT2D eigenvalue weighted by atomic mass is 35.5. The average Bonchev–Trinajstić information content (AvgIpc) is 3.01. The molecule has 2 N–H and O–H groups in total. The van der Waals surface area contributed by atoms with Crippen molar-refractivity contribution < 1.29 is 28.2 Å². The van der Waals surface area contributed by atoms with Crippen molar-refractivity contribution in [1.29, 1.82) is 0 Å². The fourth-order valence-corrected chi connectivity index (χ4v) is 5.09. The second-order valence-electron chi connectivity index (χ2n) is 9.44. The molecule has 2 aromatic carbocycles. The third-order valence-electron chi connectivity index (χ3n) is 6.66. The Bertz CT molecular complexity index is 1380. The summed E-state index contributed by atoms with van der Waals surface area (Å²) in [6.45, 7) is 7.11. The minimum absolute atomic E-state index is 0.0801. The van der Waals surface area contributed by atoms with Crippen molar-refractivity contribution in [3.63, 3.8) is 0 Å². The van der Waals surface area contributed by atoms with Gasteiger partial charge in [0.15, 0.2) is 23.1 Å². The van der Waals surface area contributed by atoms with Crippen LogP contribution in [0, 0.1) is 18.6 Å². The molecule has 1 atom stereocenters. The van der Waals surface area contributed by atoms with E-state index >= 15 is 4.39 Å². The van der Waals surface area contributed by atoms with Crippen LogP contribution in [-0.4, -0.2) is 53.2 Å². The van der Waals surface area contributed by atoms with E-state index in [1.807, 2.05) is 13.8 Å². The molecule has 0 bridgehead atoms. The van der Waals surface area contributed by atoms with E-state index in [2.05, 4.69) is 10.3 Å². The maximum atomic E-state index is 16.5. The first-order valence-corrected chi connectivity index (χ1v) is 12.4. The van der Waals surface area contributed by atoms with Crippen LogP contribution >= 0.6 is 11.6 Å². The van der Waals surface area contributed by atoms with Gasteiger partial charge in [0.2, 0.25) is 0 Å². The Balaban J connectivity index is 1.82. The number of hydrogen-bond acceptors (Lipinski definition) is 6. The van der Waals surface area contributed by atoms with E-state index in [0.717, 1.165) is 6.07 Å². The lowest BCUT2D eigenvalue weighted by Gasteiger charge is -2.34. The molecule has 7 nitrogen and oxygen atoms in total. The van der Waals surface area contributed by atoms with Crippen LogP contribution in [0.25, 0.3) is 11.1 Å². The van der Waals surface area contributed by atoms with Gasteiger partial charge in [0.25, 0.3) is 5.91 Å². The number of aromatic hydroxyl groups is 1. The summed E-state index contributed by atoms with van der Waals surface area (Å²) in [6.07, 6.45) is 1.62. The number of phenols is 1. The summed E-state index contributed by atoms with van der Waals surface area (Å²) in [6, 6.07) is 4.98. The maximum absolute atomic E-state index is 16.5. The van der Waals surface area contributed by atoms with Gasteiger partial charge in [-0.3, -0.25) is 9.78 Å². The quantitative estimate of drug-likeness (QED) is 0.470. The number of halogens is 3. The molecule has 3 heterocycles. The van der Waals surface area contributed by atoms with Crippen molar-refractivity contribution in [3.05, 3.63) is 63.9 Å². The number of ether oxygens (including phenoxy) is 2. The number of fused-ring (bicyclic) bond motifs is 2. The van der Waals surface area contributed by atoms with Gasteiger partial charge < -0.3 is 24.8 Å². The summed E-state index contributed by atoms with van der Waals surface area (Å²) in [5, 5.41) is 13.4. The van der Waals surface area contributed by atoms with Gasteiger partial charge in [-0.2, -0.15) is 0 Å². The molecular formula is C27H26ClF2N3O4. The molecule has 0 unspecified atom stereocenters. The molecule has 0 spiro atoms. The lowest BCUT2D eigenvalue weighted by Crippen LogP contribution is -2.54. The zero-order valence-corrected chi connectivity index (χ0v) is 21.3. The lowest BCUT2D eigenvalue weighted by atomic mass is 9.98. The number of hydrogen-bond donors (Lipinski definition) is 2. The number of piperazine rings is 1. The fourth-order valence-electron chi connectivity index (χ4n) is 4.76. The fraction of sp³-hybridized carbons (Fsp3) is 0.333. The molecule has 5 rings (SSSR count). The second-order valence-corrected chi connectivity index (χ2v) is 9.81. The number of phenolic OH excluding ortho intramolecular Hbond substituents is 1. The van der Waals surface area contributed by atoms with E-state index < -0.39 is 40.2 Å². The Kier molecular flexibility index (Phi) is 6.68. The van der Waals surface area contributed by atoms with E-state index in [0.29, 0.717) is 30.9 Å². The minimum atomic E-state index is -1.09. The molecule has 3 aromatic rings. The van der Waals surface area contributed by atoms with Crippen LogP contribution < -0.4 is 14.8 Å². The number of nitrogens with one attached hydrogen (secondary N) is 1. The summed E-state index contributed by atoms with van der Waals surface area (Å²) in [4.78, 5) is 19.8.